The fourth-order valence-corrected chi connectivity index (χ4v) is 4.34. The van der Waals surface area contributed by atoms with E-state index in [-0.39, 0.29) is 5.83 Å². The van der Waals surface area contributed by atoms with E-state index in [4.69, 9.17) is 0 Å². The summed E-state index contributed by atoms with van der Waals surface area (Å²) in [5, 5.41) is 6.65. The van der Waals surface area contributed by atoms with Crippen molar-refractivity contribution in [3.05, 3.63) is 21.9 Å². The first-order chi connectivity index (χ1) is 4.52. The van der Waals surface area contributed by atoms with Crippen LogP contribution >= 0.6 is 0 Å². The molecule has 0 N–H and O–H groups in total. The van der Waals surface area contributed by atoms with Crippen molar-refractivity contribution >= 4 is 0 Å². The van der Waals surface area contributed by atoms with Crippen molar-refractivity contribution < 1.29 is 20.4 Å². The number of allylic oxidation sites excluding steroid dienone is 4. The third-order valence-corrected chi connectivity index (χ3v) is 6.49. The zero-order valence-electron chi connectivity index (χ0n) is 6.56. The van der Waals surface area contributed by atoms with Crippen LogP contribution < -0.4 is 0 Å². The van der Waals surface area contributed by atoms with Gasteiger partial charge in [-0.25, -0.2) is 0 Å². The molecule has 0 aromatic heterocycles. The van der Waals surface area contributed by atoms with Crippen LogP contribution in [0.15, 0.2) is 21.9 Å². The Morgan fingerprint density at radius 1 is 1.40 bits per heavy atom. The molecule has 0 aromatic rings. The minimum atomic E-state index is -1.75. The van der Waals surface area contributed by atoms with Crippen LogP contribution in [0, 0.1) is 0 Å². The van der Waals surface area contributed by atoms with Crippen LogP contribution in [-0.2, 0) is 16.1 Å². The van der Waals surface area contributed by atoms with Gasteiger partial charge in [-0.1, -0.05) is 0 Å². The van der Waals surface area contributed by atoms with E-state index in [1.165, 1.54) is 0 Å². The number of hydrogen-bond acceptors (Lipinski definition) is 0. The molecule has 0 aliphatic heterocycles. The zero-order valence-corrected chi connectivity index (χ0v) is 8.83. The molecule has 0 saturated carbocycles. The Morgan fingerprint density at radius 3 is 2.20 bits per heavy atom. The Bertz CT molecular complexity index is 196. The van der Waals surface area contributed by atoms with E-state index in [0.29, 0.717) is 0 Å². The van der Waals surface area contributed by atoms with Crippen LogP contribution in [0.1, 0.15) is 6.42 Å². The van der Waals surface area contributed by atoms with Crippen molar-refractivity contribution in [2.45, 2.75) is 22.4 Å². The van der Waals surface area contributed by atoms with Gasteiger partial charge in [0.2, 0.25) is 0 Å². The van der Waals surface area contributed by atoms with E-state index in [0.717, 1.165) is 10.4 Å². The Balaban J connectivity index is 2.86. The molecule has 1 rings (SSSR count). The average molecular weight is 323 g/mol. The summed E-state index contributed by atoms with van der Waals surface area (Å²) in [6, 6.07) is 0. The summed E-state index contributed by atoms with van der Waals surface area (Å²) in [4.78, 5) is 0. The van der Waals surface area contributed by atoms with Crippen molar-refractivity contribution in [1.29, 1.82) is 0 Å². The fourth-order valence-electron chi connectivity index (χ4n) is 0.862. The fraction of sp³-hybridized carbons (Fsp3) is 0.500. The normalized spacial score (nSPS) is 20.4. The van der Waals surface area contributed by atoms with Crippen molar-refractivity contribution in [3.8, 4) is 0 Å². The molecule has 0 amide bonds. The maximum atomic E-state index is 12.9. The molecule has 0 fully saturated rings. The standard InChI is InChI=1S/C5H4F.3CH3.Pt/c6-5-3-1-2-4-5;;;;/h1,3H,2H2;3*1H3;. The second kappa shape index (κ2) is 2.62. The summed E-state index contributed by atoms with van der Waals surface area (Å²) < 4.78 is 14.0. The Morgan fingerprint density at radius 2 is 2.00 bits per heavy atom. The molecule has 0 unspecified atom stereocenters. The molecule has 1 aliphatic carbocycles. The molecule has 62 valence electrons. The van der Waals surface area contributed by atoms with Gasteiger partial charge < -0.3 is 0 Å². The van der Waals surface area contributed by atoms with Crippen molar-refractivity contribution in [1.82, 2.24) is 0 Å². The van der Waals surface area contributed by atoms with Gasteiger partial charge >= 0.3 is 64.8 Å². The van der Waals surface area contributed by atoms with Crippen molar-refractivity contribution in [3.63, 3.8) is 0 Å². The van der Waals surface area contributed by atoms with Gasteiger partial charge in [0.05, 0.1) is 0 Å². The molecular weight excluding hydrogens is 310 g/mol. The number of rotatable bonds is 1. The maximum absolute atomic E-state index is 12.9. The summed E-state index contributed by atoms with van der Waals surface area (Å²) in [5.74, 6) is 0.0455. The zero-order chi connectivity index (χ0) is 7.78. The predicted molar refractivity (Wildman–Crippen MR) is 39.5 cm³/mol. The van der Waals surface area contributed by atoms with Gasteiger partial charge in [-0.2, -0.15) is 0 Å². The van der Waals surface area contributed by atoms with Crippen LogP contribution in [0.4, 0.5) is 4.39 Å². The number of hydrogen-bond donors (Lipinski definition) is 0. The quantitative estimate of drug-likeness (QED) is 0.694. The molecule has 2 heteroatoms. The first kappa shape index (κ1) is 8.20. The Hall–Kier alpha value is 0.0983. The third-order valence-electron chi connectivity index (χ3n) is 1.37. The van der Waals surface area contributed by atoms with E-state index in [2.05, 4.69) is 15.9 Å². The summed E-state index contributed by atoms with van der Waals surface area (Å²) in [5.41, 5.74) is 0. The van der Waals surface area contributed by atoms with Gasteiger partial charge in [-0.05, 0) is 0 Å². The summed E-state index contributed by atoms with van der Waals surface area (Å²) in [6.45, 7) is 0. The van der Waals surface area contributed by atoms with Crippen LogP contribution in [0.2, 0.25) is 15.9 Å². The van der Waals surface area contributed by atoms with E-state index < -0.39 is 16.1 Å². The molecule has 10 heavy (non-hydrogen) atoms. The molecule has 0 saturated heterocycles. The molecule has 1 aliphatic rings. The average Bonchev–Trinajstić information content (AvgIpc) is 2.11. The summed E-state index contributed by atoms with van der Waals surface area (Å²) >= 11 is -1.75. The Kier molecular flexibility index (Phi) is 2.15. The first-order valence-electron chi connectivity index (χ1n) is 2.93. The van der Waals surface area contributed by atoms with Gasteiger partial charge in [-0.3, -0.25) is 0 Å². The van der Waals surface area contributed by atoms with E-state index in [1.807, 2.05) is 6.08 Å². The van der Waals surface area contributed by atoms with Crippen LogP contribution in [-0.4, -0.2) is 0 Å². The van der Waals surface area contributed by atoms with Crippen molar-refractivity contribution in [2.75, 3.05) is 0 Å². The molecule has 0 bridgehead atoms. The van der Waals surface area contributed by atoms with E-state index in [1.54, 1.807) is 6.08 Å². The third kappa shape index (κ3) is 1.57. The monoisotopic (exact) mass is 323 g/mol. The molecule has 0 nitrogen and oxygen atoms in total. The molecule has 0 heterocycles. The van der Waals surface area contributed by atoms with Crippen molar-refractivity contribution in [2.24, 2.45) is 0 Å². The molecule has 0 atom stereocenters. The molecule has 0 spiro atoms. The summed E-state index contributed by atoms with van der Waals surface area (Å²) in [7, 11) is 0. The van der Waals surface area contributed by atoms with Crippen LogP contribution in [0.25, 0.3) is 0 Å². The van der Waals surface area contributed by atoms with Gasteiger partial charge in [0.1, 0.15) is 0 Å². The topological polar surface area (TPSA) is 0 Å². The molecular formula is C8H13FPt. The van der Waals surface area contributed by atoms with Gasteiger partial charge in [-0.15, -0.1) is 0 Å². The van der Waals surface area contributed by atoms with Gasteiger partial charge in [0.15, 0.2) is 0 Å². The van der Waals surface area contributed by atoms with E-state index in [9.17, 15) is 4.39 Å². The molecule has 0 aromatic carbocycles. The van der Waals surface area contributed by atoms with E-state index >= 15 is 0 Å². The second-order valence-electron chi connectivity index (χ2n) is 2.75. The second-order valence-corrected chi connectivity index (χ2v) is 14.3. The minimum absolute atomic E-state index is 0.0455. The molecule has 0 radical (unpaired) electrons. The van der Waals surface area contributed by atoms with Crippen LogP contribution in [0.3, 0.4) is 0 Å². The first-order valence-corrected chi connectivity index (χ1v) is 10.9. The Labute approximate surface area is 65.0 Å². The number of halogens is 1. The predicted octanol–water partition coefficient (Wildman–Crippen LogP) is 3.43. The van der Waals surface area contributed by atoms with Crippen LogP contribution in [0.5, 0.6) is 0 Å². The summed E-state index contributed by atoms with van der Waals surface area (Å²) in [6.07, 6.45) is 4.38. The van der Waals surface area contributed by atoms with Gasteiger partial charge in [0, 0.05) is 0 Å². The SMILES string of the molecule is [CH3][Pt]([CH3])([CH3])[C]1=C(F)C=CC1. The van der Waals surface area contributed by atoms with Gasteiger partial charge in [0.25, 0.3) is 0 Å².